The first-order chi connectivity index (χ1) is 9.06. The molecule has 0 aromatic heterocycles. The molecular formula is C17H34O2. The molecule has 114 valence electrons. The Hall–Kier alpha value is -0.530. The summed E-state index contributed by atoms with van der Waals surface area (Å²) in [5.74, 6) is 0.807. The van der Waals surface area contributed by atoms with Gasteiger partial charge in [0.15, 0.2) is 0 Å². The van der Waals surface area contributed by atoms with Crippen molar-refractivity contribution >= 4 is 5.97 Å². The van der Waals surface area contributed by atoms with Crippen molar-refractivity contribution in [2.24, 2.45) is 11.8 Å². The predicted octanol–water partition coefficient (Wildman–Crippen LogP) is 5.65. The van der Waals surface area contributed by atoms with Gasteiger partial charge >= 0.3 is 5.97 Å². The van der Waals surface area contributed by atoms with Gasteiger partial charge in [-0.25, -0.2) is 0 Å². The third-order valence-electron chi connectivity index (χ3n) is 4.05. The van der Waals surface area contributed by atoms with Crippen LogP contribution in [0.5, 0.6) is 0 Å². The van der Waals surface area contributed by atoms with Crippen LogP contribution in [0.3, 0.4) is 0 Å². The maximum absolute atomic E-state index is 10.5. The van der Waals surface area contributed by atoms with Gasteiger partial charge in [0.05, 0.1) is 0 Å². The van der Waals surface area contributed by atoms with Crippen LogP contribution in [0.2, 0.25) is 0 Å². The fourth-order valence-corrected chi connectivity index (χ4v) is 2.55. The topological polar surface area (TPSA) is 37.3 Å². The van der Waals surface area contributed by atoms with E-state index in [0.29, 0.717) is 12.3 Å². The van der Waals surface area contributed by atoms with Crippen LogP contribution in [0.15, 0.2) is 0 Å². The van der Waals surface area contributed by atoms with Crippen molar-refractivity contribution in [3.8, 4) is 0 Å². The first kappa shape index (κ1) is 18.5. The van der Waals surface area contributed by atoms with Crippen molar-refractivity contribution in [2.45, 2.75) is 91.4 Å². The average molecular weight is 270 g/mol. The molecule has 0 aromatic rings. The number of aliphatic carboxylic acids is 1. The number of rotatable bonds is 13. The van der Waals surface area contributed by atoms with Crippen LogP contribution in [-0.4, -0.2) is 11.1 Å². The van der Waals surface area contributed by atoms with Crippen LogP contribution < -0.4 is 0 Å². The summed E-state index contributed by atoms with van der Waals surface area (Å²) in [6.07, 6.45) is 13.1. The molecule has 0 bridgehead atoms. The Balaban J connectivity index is 3.28. The Morgan fingerprint density at radius 3 is 1.79 bits per heavy atom. The van der Waals surface area contributed by atoms with Gasteiger partial charge in [0.25, 0.3) is 0 Å². The van der Waals surface area contributed by atoms with E-state index < -0.39 is 5.97 Å². The highest BCUT2D eigenvalue weighted by Crippen LogP contribution is 2.18. The number of unbranched alkanes of at least 4 members (excludes halogenated alkanes) is 4. The Kier molecular flexibility index (Phi) is 12.2. The van der Waals surface area contributed by atoms with Crippen LogP contribution in [0, 0.1) is 11.8 Å². The highest BCUT2D eigenvalue weighted by atomic mass is 16.4. The molecule has 0 rings (SSSR count). The zero-order valence-electron chi connectivity index (χ0n) is 13.3. The Bertz CT molecular complexity index is 213. The van der Waals surface area contributed by atoms with E-state index in [4.69, 9.17) is 5.11 Å². The van der Waals surface area contributed by atoms with E-state index in [1.807, 2.05) is 0 Å². The summed E-state index contributed by atoms with van der Waals surface area (Å²) in [7, 11) is 0. The number of carboxylic acids is 1. The van der Waals surface area contributed by atoms with E-state index in [2.05, 4.69) is 20.8 Å². The second-order valence-corrected chi connectivity index (χ2v) is 6.28. The van der Waals surface area contributed by atoms with E-state index in [1.54, 1.807) is 0 Å². The number of hydrogen-bond acceptors (Lipinski definition) is 1. The molecule has 0 spiro atoms. The molecule has 0 aliphatic rings. The van der Waals surface area contributed by atoms with Gasteiger partial charge in [0, 0.05) is 6.42 Å². The monoisotopic (exact) mass is 270 g/mol. The van der Waals surface area contributed by atoms with Gasteiger partial charge in [0.1, 0.15) is 0 Å². The largest absolute Gasteiger partial charge is 0.481 e. The van der Waals surface area contributed by atoms with Crippen LogP contribution in [-0.2, 0) is 4.79 Å². The number of carbonyl (C=O) groups is 1. The van der Waals surface area contributed by atoms with E-state index in [9.17, 15) is 4.79 Å². The van der Waals surface area contributed by atoms with Crippen LogP contribution >= 0.6 is 0 Å². The normalized spacial score (nSPS) is 14.3. The highest BCUT2D eigenvalue weighted by molar-refractivity contribution is 5.66. The van der Waals surface area contributed by atoms with Gasteiger partial charge in [-0.05, 0) is 18.3 Å². The van der Waals surface area contributed by atoms with E-state index in [0.717, 1.165) is 12.3 Å². The fraction of sp³-hybridized carbons (Fsp3) is 0.941. The van der Waals surface area contributed by atoms with Crippen molar-refractivity contribution in [1.29, 1.82) is 0 Å². The zero-order chi connectivity index (χ0) is 14.5. The lowest BCUT2D eigenvalue weighted by Crippen LogP contribution is -2.01. The van der Waals surface area contributed by atoms with Crippen LogP contribution in [0.1, 0.15) is 91.4 Å². The van der Waals surface area contributed by atoms with Crippen molar-refractivity contribution in [2.75, 3.05) is 0 Å². The lowest BCUT2D eigenvalue weighted by atomic mass is 9.95. The molecule has 0 amide bonds. The lowest BCUT2D eigenvalue weighted by molar-refractivity contribution is -0.137. The molecule has 2 nitrogen and oxygen atoms in total. The Morgan fingerprint density at radius 1 is 0.842 bits per heavy atom. The van der Waals surface area contributed by atoms with Gasteiger partial charge in [-0.15, -0.1) is 0 Å². The molecule has 19 heavy (non-hydrogen) atoms. The van der Waals surface area contributed by atoms with Gasteiger partial charge in [0.2, 0.25) is 0 Å². The van der Waals surface area contributed by atoms with Crippen molar-refractivity contribution in [1.82, 2.24) is 0 Å². The summed E-state index contributed by atoms with van der Waals surface area (Å²) in [6, 6.07) is 0. The minimum atomic E-state index is -0.659. The zero-order valence-corrected chi connectivity index (χ0v) is 13.3. The standard InChI is InChI=1S/C17H34O2/c1-4-5-10-15(2)11-8-6-7-9-12-16(3)13-14-17(18)19/h15-16H,4-14H2,1-3H3,(H,18,19). The SMILES string of the molecule is CCCCC(C)CCCCCCC(C)CCC(=O)O. The summed E-state index contributed by atoms with van der Waals surface area (Å²) in [6.45, 7) is 6.82. The molecule has 0 aromatic carbocycles. The fourth-order valence-electron chi connectivity index (χ4n) is 2.55. The van der Waals surface area contributed by atoms with Gasteiger partial charge < -0.3 is 5.11 Å². The number of hydrogen-bond donors (Lipinski definition) is 1. The van der Waals surface area contributed by atoms with E-state index in [1.165, 1.54) is 57.8 Å². The van der Waals surface area contributed by atoms with Gasteiger partial charge in [-0.1, -0.05) is 78.6 Å². The molecule has 0 saturated carbocycles. The molecule has 2 atom stereocenters. The molecule has 1 N–H and O–H groups in total. The molecule has 0 aliphatic carbocycles. The van der Waals surface area contributed by atoms with Crippen LogP contribution in [0.25, 0.3) is 0 Å². The summed E-state index contributed by atoms with van der Waals surface area (Å²) in [5.41, 5.74) is 0. The molecule has 0 heterocycles. The van der Waals surface area contributed by atoms with Gasteiger partial charge in [-0.3, -0.25) is 4.79 Å². The molecule has 0 saturated heterocycles. The van der Waals surface area contributed by atoms with E-state index in [-0.39, 0.29) is 0 Å². The van der Waals surface area contributed by atoms with Crippen LogP contribution in [0.4, 0.5) is 0 Å². The third-order valence-corrected chi connectivity index (χ3v) is 4.05. The van der Waals surface area contributed by atoms with Crippen molar-refractivity contribution in [3.05, 3.63) is 0 Å². The smallest absolute Gasteiger partial charge is 0.303 e. The Morgan fingerprint density at radius 2 is 1.32 bits per heavy atom. The van der Waals surface area contributed by atoms with E-state index >= 15 is 0 Å². The molecule has 0 fully saturated rings. The first-order valence-corrected chi connectivity index (χ1v) is 8.28. The van der Waals surface area contributed by atoms with Crippen molar-refractivity contribution < 1.29 is 9.90 Å². The summed E-state index contributed by atoms with van der Waals surface area (Å²) >= 11 is 0. The molecular weight excluding hydrogens is 236 g/mol. The highest BCUT2D eigenvalue weighted by Gasteiger charge is 2.05. The summed E-state index contributed by atoms with van der Waals surface area (Å²) in [5, 5.41) is 8.62. The second kappa shape index (κ2) is 12.5. The van der Waals surface area contributed by atoms with Crippen molar-refractivity contribution in [3.63, 3.8) is 0 Å². The first-order valence-electron chi connectivity index (χ1n) is 8.28. The predicted molar refractivity (Wildman–Crippen MR) is 82.4 cm³/mol. The number of carboxylic acid groups (broad SMARTS) is 1. The maximum Gasteiger partial charge on any atom is 0.303 e. The average Bonchev–Trinajstić information content (AvgIpc) is 2.37. The quantitative estimate of drug-likeness (QED) is 0.439. The molecule has 2 heteroatoms. The maximum atomic E-state index is 10.5. The van der Waals surface area contributed by atoms with Gasteiger partial charge in [-0.2, -0.15) is 0 Å². The summed E-state index contributed by atoms with van der Waals surface area (Å²) < 4.78 is 0. The Labute approximate surface area is 120 Å². The molecule has 2 unspecified atom stereocenters. The molecule has 0 radical (unpaired) electrons. The summed E-state index contributed by atoms with van der Waals surface area (Å²) in [4.78, 5) is 10.5. The molecule has 0 aliphatic heterocycles. The second-order valence-electron chi connectivity index (χ2n) is 6.28. The lowest BCUT2D eigenvalue weighted by Gasteiger charge is -2.11. The third kappa shape index (κ3) is 13.7. The minimum absolute atomic E-state index is 0.329. The minimum Gasteiger partial charge on any atom is -0.481 e.